The van der Waals surface area contributed by atoms with Crippen molar-refractivity contribution in [1.82, 2.24) is 0 Å². The number of aryl methyl sites for hydroxylation is 1. The maximum absolute atomic E-state index is 6.04. The van der Waals surface area contributed by atoms with E-state index in [4.69, 9.17) is 16.0 Å². The summed E-state index contributed by atoms with van der Waals surface area (Å²) in [4.78, 5) is 0. The van der Waals surface area contributed by atoms with Crippen LogP contribution in [0, 0.1) is 6.92 Å². The zero-order chi connectivity index (χ0) is 10.4. The highest BCUT2D eigenvalue weighted by Crippen LogP contribution is 2.32. The van der Waals surface area contributed by atoms with Crippen LogP contribution in [0.15, 0.2) is 40.8 Å². The molecule has 15 heavy (non-hydrogen) atoms. The van der Waals surface area contributed by atoms with Crippen molar-refractivity contribution in [2.45, 2.75) is 6.92 Å². The molecule has 0 fully saturated rings. The second kappa shape index (κ2) is 3.01. The van der Waals surface area contributed by atoms with Crippen LogP contribution in [0.2, 0.25) is 5.02 Å². The number of hydrogen-bond acceptors (Lipinski definition) is 1. The van der Waals surface area contributed by atoms with Gasteiger partial charge >= 0.3 is 0 Å². The molecule has 1 aromatic heterocycles. The molecule has 0 saturated heterocycles. The normalized spacial score (nSPS) is 11.3. The Bertz CT molecular complexity index is 652. The van der Waals surface area contributed by atoms with Gasteiger partial charge in [-0.1, -0.05) is 29.8 Å². The van der Waals surface area contributed by atoms with Crippen LogP contribution < -0.4 is 0 Å². The van der Waals surface area contributed by atoms with Crippen LogP contribution in [-0.2, 0) is 0 Å². The van der Waals surface area contributed by atoms with E-state index < -0.39 is 0 Å². The van der Waals surface area contributed by atoms with Crippen molar-refractivity contribution < 1.29 is 4.42 Å². The molecule has 2 aromatic carbocycles. The van der Waals surface area contributed by atoms with Crippen LogP contribution in [-0.4, -0.2) is 0 Å². The van der Waals surface area contributed by atoms with Crippen molar-refractivity contribution in [1.29, 1.82) is 0 Å². The topological polar surface area (TPSA) is 13.1 Å². The summed E-state index contributed by atoms with van der Waals surface area (Å²) in [6.45, 7) is 2.01. The molecule has 0 amide bonds. The first-order chi connectivity index (χ1) is 7.25. The fourth-order valence-electron chi connectivity index (χ4n) is 1.95. The van der Waals surface area contributed by atoms with Crippen LogP contribution in [0.25, 0.3) is 21.9 Å². The number of fused-ring (bicyclic) bond motifs is 3. The first-order valence-corrected chi connectivity index (χ1v) is 5.21. The molecule has 0 aliphatic heterocycles. The Morgan fingerprint density at radius 3 is 2.73 bits per heavy atom. The van der Waals surface area contributed by atoms with Gasteiger partial charge in [-0.2, -0.15) is 0 Å². The van der Waals surface area contributed by atoms with Crippen molar-refractivity contribution in [2.24, 2.45) is 0 Å². The molecule has 0 unspecified atom stereocenters. The highest BCUT2D eigenvalue weighted by molar-refractivity contribution is 6.32. The number of halogens is 1. The quantitative estimate of drug-likeness (QED) is 0.537. The fraction of sp³-hybridized carbons (Fsp3) is 0.0769. The van der Waals surface area contributed by atoms with Crippen molar-refractivity contribution in [3.8, 4) is 0 Å². The van der Waals surface area contributed by atoms with Gasteiger partial charge < -0.3 is 4.42 Å². The molecule has 0 spiro atoms. The van der Waals surface area contributed by atoms with Crippen LogP contribution >= 0.6 is 11.6 Å². The average Bonchev–Trinajstić information content (AvgIpc) is 2.57. The number of para-hydroxylation sites is 1. The van der Waals surface area contributed by atoms with Crippen LogP contribution in [0.5, 0.6) is 0 Å². The van der Waals surface area contributed by atoms with Gasteiger partial charge in [0, 0.05) is 15.8 Å². The Balaban J connectivity index is 2.61. The average molecular weight is 217 g/mol. The van der Waals surface area contributed by atoms with E-state index in [1.54, 1.807) is 0 Å². The molecule has 0 saturated carbocycles. The summed E-state index contributed by atoms with van der Waals surface area (Å²) in [5.74, 6) is 0. The molecule has 0 aliphatic rings. The van der Waals surface area contributed by atoms with Gasteiger partial charge in [0.2, 0.25) is 0 Å². The Morgan fingerprint density at radius 2 is 1.87 bits per heavy atom. The monoisotopic (exact) mass is 216 g/mol. The van der Waals surface area contributed by atoms with E-state index in [0.29, 0.717) is 0 Å². The summed E-state index contributed by atoms with van der Waals surface area (Å²) in [5.41, 5.74) is 2.92. The molecule has 3 aromatic rings. The summed E-state index contributed by atoms with van der Waals surface area (Å²) in [7, 11) is 0. The molecule has 1 nitrogen and oxygen atoms in total. The molecule has 1 heterocycles. The third-order valence-electron chi connectivity index (χ3n) is 2.63. The van der Waals surface area contributed by atoms with Gasteiger partial charge in [0.05, 0.1) is 0 Å². The molecular weight excluding hydrogens is 208 g/mol. The lowest BCUT2D eigenvalue weighted by atomic mass is 10.1. The van der Waals surface area contributed by atoms with Crippen molar-refractivity contribution in [3.63, 3.8) is 0 Å². The maximum atomic E-state index is 6.04. The summed E-state index contributed by atoms with van der Waals surface area (Å²) < 4.78 is 5.78. The highest BCUT2D eigenvalue weighted by atomic mass is 35.5. The molecule has 0 atom stereocenters. The van der Waals surface area contributed by atoms with Gasteiger partial charge in [0.1, 0.15) is 11.2 Å². The van der Waals surface area contributed by atoms with Crippen molar-refractivity contribution in [3.05, 3.63) is 47.0 Å². The van der Waals surface area contributed by atoms with E-state index in [9.17, 15) is 0 Å². The SMILES string of the molecule is Cc1cc(Cl)cc2c1oc1ccccc12. The lowest BCUT2D eigenvalue weighted by molar-refractivity contribution is 0.666. The third-order valence-corrected chi connectivity index (χ3v) is 2.85. The molecule has 0 bridgehead atoms. The Morgan fingerprint density at radius 1 is 1.07 bits per heavy atom. The first kappa shape index (κ1) is 8.81. The molecule has 2 heteroatoms. The smallest absolute Gasteiger partial charge is 0.138 e. The molecule has 74 valence electrons. The number of rotatable bonds is 0. The van der Waals surface area contributed by atoms with E-state index in [1.807, 2.05) is 37.3 Å². The third kappa shape index (κ3) is 1.24. The van der Waals surface area contributed by atoms with Crippen LogP contribution in [0.4, 0.5) is 0 Å². The van der Waals surface area contributed by atoms with Gasteiger partial charge in [-0.05, 0) is 30.7 Å². The molecular formula is C13H9ClO. The first-order valence-electron chi connectivity index (χ1n) is 4.83. The van der Waals surface area contributed by atoms with Crippen molar-refractivity contribution in [2.75, 3.05) is 0 Å². The Kier molecular flexibility index (Phi) is 1.77. The predicted octanol–water partition coefficient (Wildman–Crippen LogP) is 4.55. The Hall–Kier alpha value is -1.47. The van der Waals surface area contributed by atoms with Gasteiger partial charge in [0.15, 0.2) is 0 Å². The van der Waals surface area contributed by atoms with Crippen molar-refractivity contribution >= 4 is 33.5 Å². The number of furan rings is 1. The Labute approximate surface area is 92.3 Å². The van der Waals surface area contributed by atoms with Gasteiger partial charge in [-0.25, -0.2) is 0 Å². The zero-order valence-corrected chi connectivity index (χ0v) is 9.01. The summed E-state index contributed by atoms with van der Waals surface area (Å²) in [5, 5.41) is 2.97. The summed E-state index contributed by atoms with van der Waals surface area (Å²) >= 11 is 6.04. The largest absolute Gasteiger partial charge is 0.456 e. The van der Waals surface area contributed by atoms with Crippen LogP contribution in [0.3, 0.4) is 0 Å². The number of hydrogen-bond donors (Lipinski definition) is 0. The maximum Gasteiger partial charge on any atom is 0.138 e. The minimum Gasteiger partial charge on any atom is -0.456 e. The van der Waals surface area contributed by atoms with Gasteiger partial charge in [-0.15, -0.1) is 0 Å². The minimum atomic E-state index is 0.756. The van der Waals surface area contributed by atoms with E-state index in [1.165, 1.54) is 0 Å². The van der Waals surface area contributed by atoms with E-state index in [0.717, 1.165) is 32.5 Å². The summed E-state index contributed by atoms with van der Waals surface area (Å²) in [6, 6.07) is 11.9. The standard InChI is InChI=1S/C13H9ClO/c1-8-6-9(14)7-11-10-4-2-3-5-12(10)15-13(8)11/h2-7H,1H3. The van der Waals surface area contributed by atoms with E-state index in [2.05, 4.69) is 6.07 Å². The molecule has 0 radical (unpaired) electrons. The zero-order valence-electron chi connectivity index (χ0n) is 8.25. The highest BCUT2D eigenvalue weighted by Gasteiger charge is 2.08. The lowest BCUT2D eigenvalue weighted by Gasteiger charge is -1.95. The lowest BCUT2D eigenvalue weighted by Crippen LogP contribution is -1.73. The summed E-state index contributed by atoms with van der Waals surface area (Å²) in [6.07, 6.45) is 0. The fourth-order valence-corrected chi connectivity index (χ4v) is 2.23. The minimum absolute atomic E-state index is 0.756. The van der Waals surface area contributed by atoms with Crippen LogP contribution in [0.1, 0.15) is 5.56 Å². The second-order valence-corrected chi connectivity index (χ2v) is 4.13. The molecule has 0 N–H and O–H groups in total. The van der Waals surface area contributed by atoms with E-state index >= 15 is 0 Å². The molecule has 0 aliphatic carbocycles. The molecule has 3 rings (SSSR count). The van der Waals surface area contributed by atoms with E-state index in [-0.39, 0.29) is 0 Å². The second-order valence-electron chi connectivity index (χ2n) is 3.70. The van der Waals surface area contributed by atoms with Gasteiger partial charge in [0.25, 0.3) is 0 Å². The number of benzene rings is 2. The predicted molar refractivity (Wildman–Crippen MR) is 63.5 cm³/mol. The van der Waals surface area contributed by atoms with Gasteiger partial charge in [-0.3, -0.25) is 0 Å².